The maximum Gasteiger partial charge on any atom is 0.254 e. The number of amides is 1. The highest BCUT2D eigenvalue weighted by molar-refractivity contribution is 9.11. The van der Waals surface area contributed by atoms with Crippen molar-refractivity contribution in [2.24, 2.45) is 11.7 Å². The van der Waals surface area contributed by atoms with Crippen LogP contribution in [0.3, 0.4) is 0 Å². The second-order valence-electron chi connectivity index (χ2n) is 4.20. The molecule has 1 amide bonds. The number of nitrogens with two attached hydrogens (primary N) is 1. The summed E-state index contributed by atoms with van der Waals surface area (Å²) < 4.78 is 0.986. The Morgan fingerprint density at radius 1 is 1.75 bits per heavy atom. The van der Waals surface area contributed by atoms with Gasteiger partial charge in [0.05, 0.1) is 9.35 Å². The Labute approximate surface area is 108 Å². The predicted octanol–water partition coefficient (Wildman–Crippen LogP) is 2.32. The molecule has 0 bridgehead atoms. The van der Waals surface area contributed by atoms with Gasteiger partial charge in [0, 0.05) is 25.0 Å². The zero-order valence-corrected chi connectivity index (χ0v) is 11.6. The van der Waals surface area contributed by atoms with Crippen molar-refractivity contribution in [1.29, 1.82) is 0 Å². The van der Waals surface area contributed by atoms with E-state index in [0.717, 1.165) is 9.35 Å². The van der Waals surface area contributed by atoms with Gasteiger partial charge in [-0.2, -0.15) is 0 Å². The van der Waals surface area contributed by atoms with Crippen molar-refractivity contribution < 1.29 is 4.79 Å². The average molecular weight is 303 g/mol. The number of halogens is 1. The van der Waals surface area contributed by atoms with E-state index < -0.39 is 0 Å². The first-order valence-electron chi connectivity index (χ1n) is 5.34. The molecule has 0 aliphatic heterocycles. The van der Waals surface area contributed by atoms with Crippen molar-refractivity contribution in [2.75, 3.05) is 13.6 Å². The van der Waals surface area contributed by atoms with Crippen LogP contribution in [0.5, 0.6) is 0 Å². The molecule has 0 spiro atoms. The predicted molar refractivity (Wildman–Crippen MR) is 69.7 cm³/mol. The van der Waals surface area contributed by atoms with E-state index in [0.29, 0.717) is 12.5 Å². The minimum Gasteiger partial charge on any atom is -0.337 e. The van der Waals surface area contributed by atoms with Crippen molar-refractivity contribution in [3.8, 4) is 0 Å². The molecule has 1 aromatic heterocycles. The topological polar surface area (TPSA) is 46.3 Å². The van der Waals surface area contributed by atoms with Crippen molar-refractivity contribution >= 4 is 33.2 Å². The summed E-state index contributed by atoms with van der Waals surface area (Å²) in [5.74, 6) is 0.685. The van der Waals surface area contributed by atoms with E-state index >= 15 is 0 Å². The fourth-order valence-electron chi connectivity index (χ4n) is 1.92. The van der Waals surface area contributed by atoms with Gasteiger partial charge in [0.15, 0.2) is 0 Å². The summed E-state index contributed by atoms with van der Waals surface area (Å²) in [6.45, 7) is 0.554. The maximum absolute atomic E-state index is 12.1. The Hall–Kier alpha value is -0.390. The van der Waals surface area contributed by atoms with Gasteiger partial charge in [-0.1, -0.05) is 0 Å². The molecule has 1 atom stereocenters. The minimum absolute atomic E-state index is 0.0734. The second kappa shape index (κ2) is 4.85. The number of likely N-dealkylation sites (N-methyl/N-ethyl adjacent to an activating group) is 1. The van der Waals surface area contributed by atoms with E-state index in [-0.39, 0.29) is 11.9 Å². The standard InChI is InChI=1S/C11H15BrN2OS/c1-14(9(5-13)7-2-3-7)11(15)8-4-10(12)16-6-8/h4,6-7,9H,2-3,5,13H2,1H3. The average Bonchev–Trinajstić information content (AvgIpc) is 3.00. The lowest BCUT2D eigenvalue weighted by Crippen LogP contribution is -2.43. The molecule has 16 heavy (non-hydrogen) atoms. The molecule has 5 heteroatoms. The second-order valence-corrected chi connectivity index (χ2v) is 6.49. The van der Waals surface area contributed by atoms with Crippen LogP contribution in [0.25, 0.3) is 0 Å². The van der Waals surface area contributed by atoms with Gasteiger partial charge in [-0.25, -0.2) is 0 Å². The van der Waals surface area contributed by atoms with Gasteiger partial charge in [0.2, 0.25) is 0 Å². The summed E-state index contributed by atoms with van der Waals surface area (Å²) in [5.41, 5.74) is 6.48. The lowest BCUT2D eigenvalue weighted by atomic mass is 10.1. The molecule has 0 aromatic carbocycles. The lowest BCUT2D eigenvalue weighted by molar-refractivity contribution is 0.0719. The Balaban J connectivity index is 2.08. The molecule has 1 aromatic rings. The van der Waals surface area contributed by atoms with Gasteiger partial charge >= 0.3 is 0 Å². The Kier molecular flexibility index (Phi) is 3.66. The molecule has 1 saturated carbocycles. The highest BCUT2D eigenvalue weighted by atomic mass is 79.9. The van der Waals surface area contributed by atoms with E-state index in [1.54, 1.807) is 4.90 Å². The number of rotatable bonds is 4. The number of carbonyl (C=O) groups excluding carboxylic acids is 1. The summed E-state index contributed by atoms with van der Waals surface area (Å²) in [7, 11) is 1.85. The van der Waals surface area contributed by atoms with Crippen LogP contribution < -0.4 is 5.73 Å². The van der Waals surface area contributed by atoms with Gasteiger partial charge in [-0.15, -0.1) is 11.3 Å². The summed E-state index contributed by atoms with van der Waals surface area (Å²) in [6.07, 6.45) is 2.40. The van der Waals surface area contributed by atoms with Crippen molar-refractivity contribution in [3.05, 3.63) is 20.8 Å². The van der Waals surface area contributed by atoms with Crippen LogP contribution in [0.15, 0.2) is 15.2 Å². The van der Waals surface area contributed by atoms with Crippen LogP contribution in [0, 0.1) is 5.92 Å². The fraction of sp³-hybridized carbons (Fsp3) is 0.545. The minimum atomic E-state index is 0.0734. The Bertz CT molecular complexity index is 389. The molecular formula is C11H15BrN2OS. The SMILES string of the molecule is CN(C(=O)c1csc(Br)c1)C(CN)C1CC1. The lowest BCUT2D eigenvalue weighted by Gasteiger charge is -2.26. The van der Waals surface area contributed by atoms with Gasteiger partial charge in [0.25, 0.3) is 5.91 Å². The quantitative estimate of drug-likeness (QED) is 0.928. The van der Waals surface area contributed by atoms with E-state index in [1.807, 2.05) is 18.5 Å². The number of nitrogens with zero attached hydrogens (tertiary/aromatic N) is 1. The van der Waals surface area contributed by atoms with Gasteiger partial charge in [0.1, 0.15) is 0 Å². The Morgan fingerprint density at radius 3 is 2.88 bits per heavy atom. The molecule has 1 fully saturated rings. The third-order valence-corrected chi connectivity index (χ3v) is 4.54. The number of thiophene rings is 1. The normalized spacial score (nSPS) is 17.2. The van der Waals surface area contributed by atoms with Crippen molar-refractivity contribution in [2.45, 2.75) is 18.9 Å². The van der Waals surface area contributed by atoms with Crippen LogP contribution in [0.2, 0.25) is 0 Å². The van der Waals surface area contributed by atoms with E-state index in [9.17, 15) is 4.79 Å². The summed E-state index contributed by atoms with van der Waals surface area (Å²) in [4.78, 5) is 13.9. The Morgan fingerprint density at radius 2 is 2.44 bits per heavy atom. The molecule has 1 heterocycles. The van der Waals surface area contributed by atoms with Crippen molar-refractivity contribution in [3.63, 3.8) is 0 Å². The zero-order chi connectivity index (χ0) is 11.7. The van der Waals surface area contributed by atoms with Crippen LogP contribution in [-0.4, -0.2) is 30.4 Å². The molecule has 2 rings (SSSR count). The molecule has 0 saturated heterocycles. The third kappa shape index (κ3) is 2.47. The first-order valence-corrected chi connectivity index (χ1v) is 7.02. The first kappa shape index (κ1) is 12.1. The van der Waals surface area contributed by atoms with Crippen LogP contribution >= 0.6 is 27.3 Å². The largest absolute Gasteiger partial charge is 0.337 e. The van der Waals surface area contributed by atoms with Gasteiger partial charge in [-0.3, -0.25) is 4.79 Å². The summed E-state index contributed by atoms with van der Waals surface area (Å²) in [5, 5.41) is 1.88. The highest BCUT2D eigenvalue weighted by Crippen LogP contribution is 2.35. The summed E-state index contributed by atoms with van der Waals surface area (Å²) in [6, 6.07) is 2.07. The van der Waals surface area contributed by atoms with Gasteiger partial charge < -0.3 is 10.6 Å². The zero-order valence-electron chi connectivity index (χ0n) is 9.15. The highest BCUT2D eigenvalue weighted by Gasteiger charge is 2.35. The molecule has 88 valence electrons. The monoisotopic (exact) mass is 302 g/mol. The molecule has 1 aliphatic rings. The van der Waals surface area contributed by atoms with E-state index in [1.165, 1.54) is 24.2 Å². The van der Waals surface area contributed by atoms with Gasteiger partial charge in [-0.05, 0) is 40.8 Å². The van der Waals surface area contributed by atoms with E-state index in [4.69, 9.17) is 5.73 Å². The fourth-order valence-corrected chi connectivity index (χ4v) is 3.05. The maximum atomic E-state index is 12.1. The molecule has 1 aliphatic carbocycles. The van der Waals surface area contributed by atoms with Crippen LogP contribution in [-0.2, 0) is 0 Å². The van der Waals surface area contributed by atoms with E-state index in [2.05, 4.69) is 15.9 Å². The van der Waals surface area contributed by atoms with Crippen LogP contribution in [0.1, 0.15) is 23.2 Å². The third-order valence-electron chi connectivity index (χ3n) is 3.04. The number of hydrogen-bond donors (Lipinski definition) is 1. The van der Waals surface area contributed by atoms with Crippen LogP contribution in [0.4, 0.5) is 0 Å². The molecule has 3 nitrogen and oxygen atoms in total. The van der Waals surface area contributed by atoms with Crippen molar-refractivity contribution in [1.82, 2.24) is 4.90 Å². The first-order chi connectivity index (χ1) is 7.63. The summed E-state index contributed by atoms with van der Waals surface area (Å²) >= 11 is 4.90. The number of carbonyl (C=O) groups is 1. The number of hydrogen-bond acceptors (Lipinski definition) is 3. The molecule has 2 N–H and O–H groups in total. The molecule has 0 radical (unpaired) electrons. The molecule has 1 unspecified atom stereocenters. The molecular weight excluding hydrogens is 288 g/mol. The smallest absolute Gasteiger partial charge is 0.254 e.